The van der Waals surface area contributed by atoms with Crippen LogP contribution in [0, 0.1) is 5.92 Å². The molecular formula is C17H20N2O. The Kier molecular flexibility index (Phi) is 4.41. The van der Waals surface area contributed by atoms with Crippen LogP contribution in [-0.2, 0) is 0 Å². The summed E-state index contributed by atoms with van der Waals surface area (Å²) in [6, 6.07) is 17.0. The molecule has 3 heteroatoms. The average molecular weight is 268 g/mol. The van der Waals surface area contributed by atoms with Crippen molar-refractivity contribution < 1.29 is 4.79 Å². The fourth-order valence-corrected chi connectivity index (χ4v) is 2.20. The summed E-state index contributed by atoms with van der Waals surface area (Å²) in [5, 5.41) is 3.08. The molecule has 2 aromatic carbocycles. The number of rotatable bonds is 4. The van der Waals surface area contributed by atoms with Gasteiger partial charge in [-0.15, -0.1) is 0 Å². The van der Waals surface area contributed by atoms with Gasteiger partial charge >= 0.3 is 0 Å². The zero-order chi connectivity index (χ0) is 14.5. The van der Waals surface area contributed by atoms with E-state index in [9.17, 15) is 4.79 Å². The number of nitrogen functional groups attached to an aromatic ring is 1. The number of carbonyl (C=O) groups is 1. The number of hydrogen-bond acceptors (Lipinski definition) is 2. The van der Waals surface area contributed by atoms with E-state index in [0.717, 1.165) is 5.56 Å². The maximum atomic E-state index is 12.3. The quantitative estimate of drug-likeness (QED) is 0.835. The Morgan fingerprint density at radius 1 is 1.05 bits per heavy atom. The fraction of sp³-hybridized carbons (Fsp3) is 0.235. The highest BCUT2D eigenvalue weighted by Crippen LogP contribution is 2.22. The van der Waals surface area contributed by atoms with Crippen LogP contribution in [0.25, 0.3) is 0 Å². The van der Waals surface area contributed by atoms with E-state index in [0.29, 0.717) is 17.2 Å². The number of benzene rings is 2. The number of nitrogens with one attached hydrogen (secondary N) is 1. The van der Waals surface area contributed by atoms with Crippen molar-refractivity contribution in [1.82, 2.24) is 5.32 Å². The Bertz CT molecular complexity index is 579. The largest absolute Gasteiger partial charge is 0.399 e. The number of amides is 1. The van der Waals surface area contributed by atoms with Crippen LogP contribution in [0.2, 0.25) is 0 Å². The van der Waals surface area contributed by atoms with E-state index in [1.54, 1.807) is 24.3 Å². The summed E-state index contributed by atoms with van der Waals surface area (Å²) in [7, 11) is 0. The van der Waals surface area contributed by atoms with Gasteiger partial charge in [0.05, 0.1) is 6.04 Å². The maximum Gasteiger partial charge on any atom is 0.251 e. The smallest absolute Gasteiger partial charge is 0.251 e. The third-order valence-electron chi connectivity index (χ3n) is 3.26. The van der Waals surface area contributed by atoms with Gasteiger partial charge in [0.25, 0.3) is 5.91 Å². The summed E-state index contributed by atoms with van der Waals surface area (Å²) >= 11 is 0. The zero-order valence-electron chi connectivity index (χ0n) is 11.8. The summed E-state index contributed by atoms with van der Waals surface area (Å²) in [6.07, 6.45) is 0. The molecule has 0 radical (unpaired) electrons. The molecule has 0 saturated carbocycles. The standard InChI is InChI=1S/C17H20N2O/c1-12(2)16(13-7-4-3-5-8-13)19-17(20)14-9-6-10-15(18)11-14/h3-12,16H,18H2,1-2H3,(H,19,20). The summed E-state index contributed by atoms with van der Waals surface area (Å²) in [5.41, 5.74) is 8.01. The number of carbonyl (C=O) groups excluding carboxylic acids is 1. The highest BCUT2D eigenvalue weighted by Gasteiger charge is 2.18. The lowest BCUT2D eigenvalue weighted by Gasteiger charge is -2.23. The van der Waals surface area contributed by atoms with Crippen LogP contribution in [0.1, 0.15) is 35.8 Å². The molecule has 0 aliphatic heterocycles. The first-order chi connectivity index (χ1) is 9.58. The molecule has 0 saturated heterocycles. The first kappa shape index (κ1) is 14.1. The molecular weight excluding hydrogens is 248 g/mol. The van der Waals surface area contributed by atoms with Crippen molar-refractivity contribution >= 4 is 11.6 Å². The van der Waals surface area contributed by atoms with Gasteiger partial charge in [-0.1, -0.05) is 50.2 Å². The molecule has 20 heavy (non-hydrogen) atoms. The van der Waals surface area contributed by atoms with E-state index >= 15 is 0 Å². The third-order valence-corrected chi connectivity index (χ3v) is 3.26. The summed E-state index contributed by atoms with van der Waals surface area (Å²) in [6.45, 7) is 4.19. The van der Waals surface area contributed by atoms with Crippen molar-refractivity contribution in [3.63, 3.8) is 0 Å². The summed E-state index contributed by atoms with van der Waals surface area (Å²) in [4.78, 5) is 12.3. The Labute approximate surface area is 119 Å². The van der Waals surface area contributed by atoms with Crippen LogP contribution in [-0.4, -0.2) is 5.91 Å². The molecule has 2 rings (SSSR count). The summed E-state index contributed by atoms with van der Waals surface area (Å²) < 4.78 is 0. The van der Waals surface area contributed by atoms with Gasteiger partial charge in [-0.05, 0) is 29.7 Å². The Morgan fingerprint density at radius 2 is 1.75 bits per heavy atom. The van der Waals surface area contributed by atoms with Crippen molar-refractivity contribution in [3.05, 3.63) is 65.7 Å². The Hall–Kier alpha value is -2.29. The topological polar surface area (TPSA) is 55.1 Å². The first-order valence-corrected chi connectivity index (χ1v) is 6.79. The molecule has 2 aromatic rings. The van der Waals surface area contributed by atoms with Crippen molar-refractivity contribution in [1.29, 1.82) is 0 Å². The van der Waals surface area contributed by atoms with Crippen LogP contribution in [0.3, 0.4) is 0 Å². The van der Waals surface area contributed by atoms with E-state index in [1.165, 1.54) is 0 Å². The van der Waals surface area contributed by atoms with Crippen LogP contribution in [0.15, 0.2) is 54.6 Å². The van der Waals surface area contributed by atoms with E-state index in [-0.39, 0.29) is 11.9 Å². The number of nitrogens with two attached hydrogens (primary N) is 1. The van der Waals surface area contributed by atoms with Gasteiger partial charge in [0, 0.05) is 11.3 Å². The van der Waals surface area contributed by atoms with E-state index in [4.69, 9.17) is 5.73 Å². The van der Waals surface area contributed by atoms with Gasteiger partial charge in [0.1, 0.15) is 0 Å². The lowest BCUT2D eigenvalue weighted by Crippen LogP contribution is -2.31. The molecule has 1 unspecified atom stereocenters. The molecule has 1 amide bonds. The monoisotopic (exact) mass is 268 g/mol. The van der Waals surface area contributed by atoms with Gasteiger partial charge < -0.3 is 11.1 Å². The minimum absolute atomic E-state index is 0.00914. The second-order valence-corrected chi connectivity index (χ2v) is 5.23. The highest BCUT2D eigenvalue weighted by atomic mass is 16.1. The highest BCUT2D eigenvalue weighted by molar-refractivity contribution is 5.95. The second-order valence-electron chi connectivity index (χ2n) is 5.23. The van der Waals surface area contributed by atoms with Crippen molar-refractivity contribution in [2.24, 2.45) is 5.92 Å². The van der Waals surface area contributed by atoms with Crippen molar-refractivity contribution in [2.45, 2.75) is 19.9 Å². The second kappa shape index (κ2) is 6.24. The first-order valence-electron chi connectivity index (χ1n) is 6.79. The molecule has 0 aliphatic carbocycles. The zero-order valence-corrected chi connectivity index (χ0v) is 11.8. The summed E-state index contributed by atoms with van der Waals surface area (Å²) in [5.74, 6) is 0.210. The van der Waals surface area contributed by atoms with Gasteiger partial charge in [-0.3, -0.25) is 4.79 Å². The maximum absolute atomic E-state index is 12.3. The molecule has 3 nitrogen and oxygen atoms in total. The van der Waals surface area contributed by atoms with Crippen LogP contribution < -0.4 is 11.1 Å². The minimum Gasteiger partial charge on any atom is -0.399 e. The molecule has 104 valence electrons. The molecule has 0 spiro atoms. The molecule has 1 atom stereocenters. The van der Waals surface area contributed by atoms with Crippen molar-refractivity contribution in [3.8, 4) is 0 Å². The molecule has 0 aliphatic rings. The van der Waals surface area contributed by atoms with Gasteiger partial charge in [-0.25, -0.2) is 0 Å². The van der Waals surface area contributed by atoms with Crippen LogP contribution in [0.5, 0.6) is 0 Å². The lowest BCUT2D eigenvalue weighted by molar-refractivity contribution is 0.0925. The minimum atomic E-state index is -0.0974. The molecule has 0 fully saturated rings. The predicted octanol–water partition coefficient (Wildman–Crippen LogP) is 3.40. The Balaban J connectivity index is 2.19. The lowest BCUT2D eigenvalue weighted by atomic mass is 9.95. The average Bonchev–Trinajstić information content (AvgIpc) is 2.45. The molecule has 0 heterocycles. The molecule has 0 aromatic heterocycles. The number of hydrogen-bond donors (Lipinski definition) is 2. The van der Waals surface area contributed by atoms with Crippen LogP contribution in [0.4, 0.5) is 5.69 Å². The fourth-order valence-electron chi connectivity index (χ4n) is 2.20. The predicted molar refractivity (Wildman–Crippen MR) is 82.3 cm³/mol. The van der Waals surface area contributed by atoms with Crippen LogP contribution >= 0.6 is 0 Å². The number of anilines is 1. The SMILES string of the molecule is CC(C)C(NC(=O)c1cccc(N)c1)c1ccccc1. The van der Waals surface area contributed by atoms with Gasteiger partial charge in [0.15, 0.2) is 0 Å². The van der Waals surface area contributed by atoms with Gasteiger partial charge in [0.2, 0.25) is 0 Å². The Morgan fingerprint density at radius 3 is 2.35 bits per heavy atom. The van der Waals surface area contributed by atoms with E-state index in [2.05, 4.69) is 19.2 Å². The van der Waals surface area contributed by atoms with Crippen molar-refractivity contribution in [2.75, 3.05) is 5.73 Å². The third kappa shape index (κ3) is 3.38. The molecule has 0 bridgehead atoms. The van der Waals surface area contributed by atoms with E-state index < -0.39 is 0 Å². The molecule has 3 N–H and O–H groups in total. The normalized spacial score (nSPS) is 12.2. The van der Waals surface area contributed by atoms with E-state index in [1.807, 2.05) is 30.3 Å². The van der Waals surface area contributed by atoms with Gasteiger partial charge in [-0.2, -0.15) is 0 Å².